The van der Waals surface area contributed by atoms with Gasteiger partial charge in [-0.1, -0.05) is 37.8 Å². The van der Waals surface area contributed by atoms with Crippen LogP contribution in [0.1, 0.15) is 44.6 Å². The Hall–Kier alpha value is -0.730. The Bertz CT molecular complexity index is 425. The van der Waals surface area contributed by atoms with Gasteiger partial charge in [0.05, 0.1) is 13.2 Å². The zero-order chi connectivity index (χ0) is 14.5. The van der Waals surface area contributed by atoms with E-state index < -0.39 is 0 Å². The van der Waals surface area contributed by atoms with Crippen LogP contribution in [0.4, 0.5) is 0 Å². The van der Waals surface area contributed by atoms with Crippen molar-refractivity contribution in [1.82, 2.24) is 0 Å². The number of aliphatic hydroxyl groups excluding tert-OH is 1. The molecule has 2 nitrogen and oxygen atoms in total. The number of ether oxygens (including phenoxy) is 1. The first kappa shape index (κ1) is 15.7. The van der Waals surface area contributed by atoms with Crippen molar-refractivity contribution in [3.8, 4) is 5.75 Å². The summed E-state index contributed by atoms with van der Waals surface area (Å²) in [5.41, 5.74) is 1.00. The normalized spacial score (nSPS) is 24.4. The van der Waals surface area contributed by atoms with Crippen molar-refractivity contribution in [2.75, 3.05) is 7.11 Å². The maximum absolute atomic E-state index is 10.5. The molecule has 20 heavy (non-hydrogen) atoms. The molecule has 0 spiro atoms. The third-order valence-corrected chi connectivity index (χ3v) is 4.92. The SMILES string of the molecule is CCC1CCC(C(O)Cc2cc(Cl)ccc2OC)CC1. The highest BCUT2D eigenvalue weighted by Crippen LogP contribution is 2.34. The summed E-state index contributed by atoms with van der Waals surface area (Å²) in [6.07, 6.45) is 6.40. The summed E-state index contributed by atoms with van der Waals surface area (Å²) in [7, 11) is 1.66. The molecule has 1 atom stereocenters. The molecule has 1 aliphatic carbocycles. The van der Waals surface area contributed by atoms with Crippen molar-refractivity contribution >= 4 is 11.6 Å². The first-order valence-corrected chi connectivity index (χ1v) is 8.02. The summed E-state index contributed by atoms with van der Waals surface area (Å²) < 4.78 is 5.35. The van der Waals surface area contributed by atoms with Gasteiger partial charge in [-0.25, -0.2) is 0 Å². The van der Waals surface area contributed by atoms with Crippen LogP contribution in [0.15, 0.2) is 18.2 Å². The second kappa shape index (κ2) is 7.33. The Balaban J connectivity index is 1.97. The van der Waals surface area contributed by atoms with Crippen LogP contribution < -0.4 is 4.74 Å². The first-order valence-electron chi connectivity index (χ1n) is 7.64. The molecular formula is C17H25ClO2. The fourth-order valence-electron chi connectivity index (χ4n) is 3.28. The minimum Gasteiger partial charge on any atom is -0.496 e. The third kappa shape index (κ3) is 3.89. The van der Waals surface area contributed by atoms with E-state index in [-0.39, 0.29) is 6.10 Å². The predicted molar refractivity (Wildman–Crippen MR) is 83.5 cm³/mol. The molecule has 1 aliphatic rings. The molecule has 3 heteroatoms. The molecule has 1 N–H and O–H groups in total. The van der Waals surface area contributed by atoms with Crippen molar-refractivity contribution in [2.24, 2.45) is 11.8 Å². The standard InChI is InChI=1S/C17H25ClO2/c1-3-12-4-6-13(7-5-12)16(19)11-14-10-15(18)8-9-17(14)20-2/h8-10,12-13,16,19H,3-7,11H2,1-2H3. The maximum Gasteiger partial charge on any atom is 0.122 e. The van der Waals surface area contributed by atoms with Crippen LogP contribution in [-0.2, 0) is 6.42 Å². The number of benzene rings is 1. The van der Waals surface area contributed by atoms with Gasteiger partial charge in [0.25, 0.3) is 0 Å². The van der Waals surface area contributed by atoms with E-state index in [2.05, 4.69) is 6.92 Å². The number of hydrogen-bond acceptors (Lipinski definition) is 2. The highest BCUT2D eigenvalue weighted by Gasteiger charge is 2.26. The molecule has 0 aromatic heterocycles. The van der Waals surface area contributed by atoms with Crippen LogP contribution in [0.2, 0.25) is 5.02 Å². The van der Waals surface area contributed by atoms with Gasteiger partial charge >= 0.3 is 0 Å². The molecule has 2 rings (SSSR count). The average Bonchev–Trinajstić information content (AvgIpc) is 2.47. The smallest absolute Gasteiger partial charge is 0.122 e. The molecule has 0 amide bonds. The minimum atomic E-state index is -0.292. The quantitative estimate of drug-likeness (QED) is 0.869. The third-order valence-electron chi connectivity index (χ3n) is 4.68. The summed E-state index contributed by atoms with van der Waals surface area (Å²) >= 11 is 6.04. The molecule has 0 aliphatic heterocycles. The van der Waals surface area contributed by atoms with Crippen molar-refractivity contribution in [1.29, 1.82) is 0 Å². The van der Waals surface area contributed by atoms with Crippen LogP contribution in [0, 0.1) is 11.8 Å². The molecule has 1 unspecified atom stereocenters. The molecule has 1 aromatic carbocycles. The highest BCUT2D eigenvalue weighted by molar-refractivity contribution is 6.30. The van der Waals surface area contributed by atoms with Crippen LogP contribution in [-0.4, -0.2) is 18.3 Å². The van der Waals surface area contributed by atoms with Crippen molar-refractivity contribution in [2.45, 2.75) is 51.6 Å². The second-order valence-corrected chi connectivity index (χ2v) is 6.35. The number of rotatable bonds is 5. The van der Waals surface area contributed by atoms with E-state index in [1.807, 2.05) is 18.2 Å². The lowest BCUT2D eigenvalue weighted by Gasteiger charge is -2.31. The Labute approximate surface area is 127 Å². The molecular weight excluding hydrogens is 272 g/mol. The largest absolute Gasteiger partial charge is 0.496 e. The van der Waals surface area contributed by atoms with E-state index in [0.717, 1.165) is 30.1 Å². The first-order chi connectivity index (χ1) is 9.63. The number of aliphatic hydroxyl groups is 1. The van der Waals surface area contributed by atoms with Gasteiger partial charge in [0.1, 0.15) is 5.75 Å². The lowest BCUT2D eigenvalue weighted by molar-refractivity contribution is 0.0730. The van der Waals surface area contributed by atoms with Crippen molar-refractivity contribution in [3.05, 3.63) is 28.8 Å². The van der Waals surface area contributed by atoms with Crippen LogP contribution >= 0.6 is 11.6 Å². The Morgan fingerprint density at radius 2 is 2.00 bits per heavy atom. The molecule has 1 fully saturated rings. The van der Waals surface area contributed by atoms with E-state index >= 15 is 0 Å². The predicted octanol–water partition coefficient (Wildman–Crippen LogP) is 4.47. The zero-order valence-electron chi connectivity index (χ0n) is 12.4. The Morgan fingerprint density at radius 1 is 1.30 bits per heavy atom. The van der Waals surface area contributed by atoms with E-state index in [9.17, 15) is 5.11 Å². The maximum atomic E-state index is 10.5. The van der Waals surface area contributed by atoms with Gasteiger partial charge < -0.3 is 9.84 Å². The summed E-state index contributed by atoms with van der Waals surface area (Å²) in [5, 5.41) is 11.2. The highest BCUT2D eigenvalue weighted by atomic mass is 35.5. The van der Waals surface area contributed by atoms with E-state index in [4.69, 9.17) is 16.3 Å². The molecule has 1 saturated carbocycles. The molecule has 0 saturated heterocycles. The lowest BCUT2D eigenvalue weighted by atomic mass is 9.77. The molecule has 0 bridgehead atoms. The fourth-order valence-corrected chi connectivity index (χ4v) is 3.47. The Kier molecular flexibility index (Phi) is 5.74. The number of halogens is 1. The molecule has 1 aromatic rings. The Morgan fingerprint density at radius 3 is 2.60 bits per heavy atom. The summed E-state index contributed by atoms with van der Waals surface area (Å²) in [6.45, 7) is 2.26. The zero-order valence-corrected chi connectivity index (χ0v) is 13.2. The van der Waals surface area contributed by atoms with Crippen LogP contribution in [0.3, 0.4) is 0 Å². The monoisotopic (exact) mass is 296 g/mol. The van der Waals surface area contributed by atoms with Gasteiger partial charge in [0.15, 0.2) is 0 Å². The van der Waals surface area contributed by atoms with E-state index in [1.165, 1.54) is 19.3 Å². The van der Waals surface area contributed by atoms with Gasteiger partial charge in [-0.3, -0.25) is 0 Å². The summed E-state index contributed by atoms with van der Waals surface area (Å²) in [4.78, 5) is 0. The van der Waals surface area contributed by atoms with Gasteiger partial charge in [0.2, 0.25) is 0 Å². The van der Waals surface area contributed by atoms with Gasteiger partial charge in [-0.15, -0.1) is 0 Å². The van der Waals surface area contributed by atoms with E-state index in [1.54, 1.807) is 7.11 Å². The van der Waals surface area contributed by atoms with Gasteiger partial charge in [-0.05, 0) is 48.4 Å². The molecule has 0 radical (unpaired) electrons. The van der Waals surface area contributed by atoms with Crippen molar-refractivity contribution < 1.29 is 9.84 Å². The summed E-state index contributed by atoms with van der Waals surface area (Å²) in [6, 6.07) is 5.60. The fraction of sp³-hybridized carbons (Fsp3) is 0.647. The topological polar surface area (TPSA) is 29.5 Å². The van der Waals surface area contributed by atoms with Crippen molar-refractivity contribution in [3.63, 3.8) is 0 Å². The molecule has 0 heterocycles. The van der Waals surface area contributed by atoms with Gasteiger partial charge in [0, 0.05) is 11.4 Å². The van der Waals surface area contributed by atoms with E-state index in [0.29, 0.717) is 17.4 Å². The summed E-state index contributed by atoms with van der Waals surface area (Å²) in [5.74, 6) is 2.09. The molecule has 112 valence electrons. The minimum absolute atomic E-state index is 0.292. The van der Waals surface area contributed by atoms with Crippen LogP contribution in [0.25, 0.3) is 0 Å². The number of hydrogen-bond donors (Lipinski definition) is 1. The van der Waals surface area contributed by atoms with Gasteiger partial charge in [-0.2, -0.15) is 0 Å². The average molecular weight is 297 g/mol. The van der Waals surface area contributed by atoms with Crippen LogP contribution in [0.5, 0.6) is 5.75 Å². The number of methoxy groups -OCH3 is 1. The second-order valence-electron chi connectivity index (χ2n) is 5.92. The lowest BCUT2D eigenvalue weighted by Crippen LogP contribution is -2.27.